The number of hydrogen-bond donors (Lipinski definition) is 2. The van der Waals surface area contributed by atoms with Crippen LogP contribution in [-0.2, 0) is 4.74 Å². The SMILES string of the molecule is Cc1ccccc1C(=O)N[C@@H](C)[C@@H](c1cccs1)[NH+]1CCOCC1. The average Bonchev–Trinajstić information content (AvgIpc) is 3.10. The first-order chi connectivity index (χ1) is 11.7. The molecule has 1 aliphatic rings. The number of morpholine rings is 1. The fraction of sp³-hybridized carbons (Fsp3) is 0.421. The molecule has 0 spiro atoms. The first-order valence-electron chi connectivity index (χ1n) is 8.49. The highest BCUT2D eigenvalue weighted by Gasteiger charge is 2.33. The van der Waals surface area contributed by atoms with Gasteiger partial charge in [0.15, 0.2) is 0 Å². The van der Waals surface area contributed by atoms with Crippen molar-refractivity contribution in [2.24, 2.45) is 0 Å². The van der Waals surface area contributed by atoms with Crippen molar-refractivity contribution < 1.29 is 14.4 Å². The molecule has 0 unspecified atom stereocenters. The minimum absolute atomic E-state index is 0.00909. The van der Waals surface area contributed by atoms with Crippen molar-refractivity contribution in [1.29, 1.82) is 0 Å². The summed E-state index contributed by atoms with van der Waals surface area (Å²) in [5.74, 6) is 0.00909. The molecule has 0 radical (unpaired) electrons. The molecule has 0 aliphatic carbocycles. The summed E-state index contributed by atoms with van der Waals surface area (Å²) in [6.07, 6.45) is 0. The van der Waals surface area contributed by atoms with Gasteiger partial charge >= 0.3 is 0 Å². The molecule has 1 aromatic heterocycles. The maximum atomic E-state index is 12.7. The molecule has 2 N–H and O–H groups in total. The molecular formula is C19H25N2O2S+. The van der Waals surface area contributed by atoms with Gasteiger partial charge in [0.05, 0.1) is 24.1 Å². The van der Waals surface area contributed by atoms with E-state index in [2.05, 4.69) is 29.8 Å². The Morgan fingerprint density at radius 2 is 1.96 bits per heavy atom. The number of aryl methyl sites for hydroxylation is 1. The molecule has 3 rings (SSSR count). The van der Waals surface area contributed by atoms with E-state index >= 15 is 0 Å². The molecule has 2 heterocycles. The molecule has 1 saturated heterocycles. The highest BCUT2D eigenvalue weighted by Crippen LogP contribution is 2.20. The quantitative estimate of drug-likeness (QED) is 0.868. The number of carbonyl (C=O) groups is 1. The molecule has 2 atom stereocenters. The zero-order valence-corrected chi connectivity index (χ0v) is 15.1. The third-order valence-corrected chi connectivity index (χ3v) is 5.63. The Hall–Kier alpha value is -1.69. The summed E-state index contributed by atoms with van der Waals surface area (Å²) < 4.78 is 5.51. The van der Waals surface area contributed by atoms with E-state index in [1.54, 1.807) is 11.3 Å². The van der Waals surface area contributed by atoms with Crippen LogP contribution in [0.1, 0.15) is 33.8 Å². The minimum Gasteiger partial charge on any atom is -0.370 e. The molecule has 0 saturated carbocycles. The lowest BCUT2D eigenvalue weighted by molar-refractivity contribution is -0.939. The highest BCUT2D eigenvalue weighted by atomic mass is 32.1. The van der Waals surface area contributed by atoms with E-state index in [1.165, 1.54) is 9.78 Å². The van der Waals surface area contributed by atoms with Crippen molar-refractivity contribution in [2.45, 2.75) is 25.9 Å². The lowest BCUT2D eigenvalue weighted by Crippen LogP contribution is -3.15. The Kier molecular flexibility index (Phi) is 5.66. The van der Waals surface area contributed by atoms with Gasteiger partial charge in [-0.2, -0.15) is 0 Å². The molecular weight excluding hydrogens is 320 g/mol. The van der Waals surface area contributed by atoms with E-state index in [0.29, 0.717) is 0 Å². The maximum absolute atomic E-state index is 12.7. The first kappa shape index (κ1) is 17.1. The van der Waals surface area contributed by atoms with Crippen LogP contribution in [0.2, 0.25) is 0 Å². The fourth-order valence-electron chi connectivity index (χ4n) is 3.41. The van der Waals surface area contributed by atoms with Crippen LogP contribution in [-0.4, -0.2) is 38.3 Å². The third-order valence-electron chi connectivity index (χ3n) is 4.67. The summed E-state index contributed by atoms with van der Waals surface area (Å²) in [7, 11) is 0. The summed E-state index contributed by atoms with van der Waals surface area (Å²) >= 11 is 1.77. The second-order valence-electron chi connectivity index (χ2n) is 6.34. The summed E-state index contributed by atoms with van der Waals surface area (Å²) in [5.41, 5.74) is 1.76. The molecule has 1 amide bonds. The van der Waals surface area contributed by atoms with E-state index in [-0.39, 0.29) is 18.0 Å². The summed E-state index contributed by atoms with van der Waals surface area (Å²) in [5, 5.41) is 5.34. The molecule has 4 nitrogen and oxygen atoms in total. The molecule has 1 fully saturated rings. The Morgan fingerprint density at radius 3 is 2.62 bits per heavy atom. The number of ether oxygens (including phenoxy) is 1. The average molecular weight is 345 g/mol. The second kappa shape index (κ2) is 7.92. The van der Waals surface area contributed by atoms with E-state index in [9.17, 15) is 4.79 Å². The van der Waals surface area contributed by atoms with Crippen molar-refractivity contribution in [3.63, 3.8) is 0 Å². The van der Waals surface area contributed by atoms with Gasteiger partial charge in [0.1, 0.15) is 19.1 Å². The normalized spacial score (nSPS) is 18.1. The van der Waals surface area contributed by atoms with Crippen molar-refractivity contribution in [3.8, 4) is 0 Å². The van der Waals surface area contributed by atoms with E-state index < -0.39 is 0 Å². The van der Waals surface area contributed by atoms with Crippen molar-refractivity contribution >= 4 is 17.2 Å². The van der Waals surface area contributed by atoms with Crippen molar-refractivity contribution in [1.82, 2.24) is 5.32 Å². The van der Waals surface area contributed by atoms with E-state index in [0.717, 1.165) is 37.4 Å². The van der Waals surface area contributed by atoms with Gasteiger partial charge in [0, 0.05) is 5.56 Å². The van der Waals surface area contributed by atoms with Gasteiger partial charge in [-0.05, 0) is 36.9 Å². The van der Waals surface area contributed by atoms with Gasteiger partial charge in [-0.15, -0.1) is 11.3 Å². The lowest BCUT2D eigenvalue weighted by atomic mass is 10.0. The van der Waals surface area contributed by atoms with Crippen LogP contribution in [0.25, 0.3) is 0 Å². The van der Waals surface area contributed by atoms with Crippen molar-refractivity contribution in [3.05, 3.63) is 57.8 Å². The number of amides is 1. The van der Waals surface area contributed by atoms with Gasteiger partial charge < -0.3 is 15.0 Å². The molecule has 5 heteroatoms. The van der Waals surface area contributed by atoms with Gasteiger partial charge in [-0.1, -0.05) is 24.3 Å². The number of thiophene rings is 1. The standard InChI is InChI=1S/C19H24N2O2S/c1-14-6-3-4-7-16(14)19(22)20-15(2)18(17-8-5-13-24-17)21-9-11-23-12-10-21/h3-8,13,15,18H,9-12H2,1-2H3,(H,20,22)/p+1/t15-,18-/m0/s1. The summed E-state index contributed by atoms with van der Waals surface area (Å²) in [4.78, 5) is 15.5. The van der Waals surface area contributed by atoms with Crippen LogP contribution in [0.15, 0.2) is 41.8 Å². The predicted molar refractivity (Wildman–Crippen MR) is 96.7 cm³/mol. The monoisotopic (exact) mass is 345 g/mol. The van der Waals surface area contributed by atoms with Crippen LogP contribution in [0, 0.1) is 6.92 Å². The largest absolute Gasteiger partial charge is 0.370 e. The molecule has 1 aromatic carbocycles. The van der Waals surface area contributed by atoms with E-state index in [4.69, 9.17) is 4.74 Å². The van der Waals surface area contributed by atoms with Gasteiger partial charge in [0.25, 0.3) is 5.91 Å². The Bertz CT molecular complexity index is 666. The Morgan fingerprint density at radius 1 is 1.21 bits per heavy atom. The molecule has 128 valence electrons. The first-order valence-corrected chi connectivity index (χ1v) is 9.37. The van der Waals surface area contributed by atoms with Gasteiger partial charge in [-0.25, -0.2) is 0 Å². The summed E-state index contributed by atoms with van der Waals surface area (Å²) in [6, 6.07) is 12.3. The predicted octanol–water partition coefficient (Wildman–Crippen LogP) is 1.83. The zero-order valence-electron chi connectivity index (χ0n) is 14.2. The molecule has 24 heavy (non-hydrogen) atoms. The number of quaternary nitrogens is 1. The Labute approximate surface area is 147 Å². The summed E-state index contributed by atoms with van der Waals surface area (Å²) in [6.45, 7) is 7.62. The number of benzene rings is 1. The zero-order chi connectivity index (χ0) is 16.9. The number of carbonyl (C=O) groups excluding carboxylic acids is 1. The van der Waals surface area contributed by atoms with Gasteiger partial charge in [-0.3, -0.25) is 4.79 Å². The van der Waals surface area contributed by atoms with Gasteiger partial charge in [0.2, 0.25) is 0 Å². The fourth-order valence-corrected chi connectivity index (χ4v) is 4.40. The Balaban J connectivity index is 1.77. The number of nitrogens with one attached hydrogen (secondary N) is 2. The van der Waals surface area contributed by atoms with Crippen LogP contribution >= 0.6 is 11.3 Å². The molecule has 2 aromatic rings. The van der Waals surface area contributed by atoms with E-state index in [1.807, 2.05) is 31.2 Å². The van der Waals surface area contributed by atoms with Crippen LogP contribution in [0.3, 0.4) is 0 Å². The lowest BCUT2D eigenvalue weighted by Gasteiger charge is -2.34. The van der Waals surface area contributed by atoms with Crippen molar-refractivity contribution in [2.75, 3.05) is 26.3 Å². The maximum Gasteiger partial charge on any atom is 0.251 e. The molecule has 1 aliphatic heterocycles. The number of hydrogen-bond acceptors (Lipinski definition) is 3. The highest BCUT2D eigenvalue weighted by molar-refractivity contribution is 7.10. The minimum atomic E-state index is 0.00909. The van der Waals surface area contributed by atoms with Crippen LogP contribution in [0.5, 0.6) is 0 Å². The third kappa shape index (κ3) is 3.86. The second-order valence-corrected chi connectivity index (χ2v) is 7.32. The van der Waals surface area contributed by atoms with Crippen LogP contribution in [0.4, 0.5) is 0 Å². The smallest absolute Gasteiger partial charge is 0.251 e. The molecule has 0 bridgehead atoms. The van der Waals surface area contributed by atoms with Crippen LogP contribution < -0.4 is 10.2 Å². The number of rotatable bonds is 5. The topological polar surface area (TPSA) is 42.8 Å².